The predicted molar refractivity (Wildman–Crippen MR) is 74.6 cm³/mol. The second-order valence-electron chi connectivity index (χ2n) is 5.38. The number of rotatable bonds is 2. The van der Waals surface area contributed by atoms with E-state index in [9.17, 15) is 4.79 Å². The Morgan fingerprint density at radius 1 is 1.33 bits per heavy atom. The van der Waals surface area contributed by atoms with Crippen molar-refractivity contribution in [2.45, 2.75) is 45.4 Å². The molecule has 0 N–H and O–H groups in total. The molecule has 0 atom stereocenters. The molecular weight excluding hydrogens is 244 g/mol. The van der Waals surface area contributed by atoms with Gasteiger partial charge in [0.25, 0.3) is 0 Å². The average molecular weight is 264 g/mol. The molecule has 2 heterocycles. The third kappa shape index (κ3) is 2.18. The van der Waals surface area contributed by atoms with E-state index in [4.69, 9.17) is 0 Å². The van der Waals surface area contributed by atoms with Crippen LogP contribution >= 0.6 is 11.3 Å². The van der Waals surface area contributed by atoms with Crippen molar-refractivity contribution in [3.05, 3.63) is 10.6 Å². The van der Waals surface area contributed by atoms with Gasteiger partial charge < -0.3 is 4.90 Å². The lowest BCUT2D eigenvalue weighted by Gasteiger charge is -2.31. The van der Waals surface area contributed by atoms with Crippen LogP contribution in [-0.2, 0) is 6.42 Å². The summed E-state index contributed by atoms with van der Waals surface area (Å²) in [5.74, 6) is 1.14. The Morgan fingerprint density at radius 2 is 2.11 bits per heavy atom. The van der Waals surface area contributed by atoms with Crippen LogP contribution in [0.1, 0.15) is 54.4 Å². The van der Waals surface area contributed by atoms with E-state index in [-0.39, 0.29) is 5.78 Å². The number of nitrogens with zero attached hydrogens (tertiary/aromatic N) is 2. The highest BCUT2D eigenvalue weighted by molar-refractivity contribution is 7.16. The van der Waals surface area contributed by atoms with Gasteiger partial charge >= 0.3 is 0 Å². The molecule has 1 saturated heterocycles. The summed E-state index contributed by atoms with van der Waals surface area (Å²) in [7, 11) is 0. The molecule has 2 aliphatic rings. The van der Waals surface area contributed by atoms with Crippen LogP contribution in [0.5, 0.6) is 0 Å². The quantitative estimate of drug-likeness (QED) is 0.822. The van der Waals surface area contributed by atoms with Gasteiger partial charge in [0.15, 0.2) is 10.9 Å². The fourth-order valence-corrected chi connectivity index (χ4v) is 4.09. The van der Waals surface area contributed by atoms with E-state index in [1.807, 2.05) is 0 Å². The molecule has 0 amide bonds. The highest BCUT2D eigenvalue weighted by Gasteiger charge is 2.26. The van der Waals surface area contributed by atoms with E-state index in [0.717, 1.165) is 42.7 Å². The number of hydrogen-bond acceptors (Lipinski definition) is 4. The maximum Gasteiger partial charge on any atom is 0.186 e. The smallest absolute Gasteiger partial charge is 0.186 e. The first-order valence-electron chi connectivity index (χ1n) is 7.05. The predicted octanol–water partition coefficient (Wildman–Crippen LogP) is 3.29. The van der Waals surface area contributed by atoms with Gasteiger partial charge in [-0.3, -0.25) is 4.79 Å². The zero-order chi connectivity index (χ0) is 12.5. The average Bonchev–Trinajstić information content (AvgIpc) is 2.84. The van der Waals surface area contributed by atoms with Crippen molar-refractivity contribution in [1.29, 1.82) is 0 Å². The van der Waals surface area contributed by atoms with Gasteiger partial charge in [0.1, 0.15) is 5.69 Å². The number of aryl methyl sites for hydroxylation is 1. The molecule has 0 radical (unpaired) electrons. The summed E-state index contributed by atoms with van der Waals surface area (Å²) in [5.41, 5.74) is 0.777. The Bertz CT molecular complexity index is 447. The van der Waals surface area contributed by atoms with Crippen LogP contribution in [0.4, 0.5) is 5.13 Å². The van der Waals surface area contributed by atoms with Crippen molar-refractivity contribution in [3.63, 3.8) is 0 Å². The standard InChI is InChI=1S/C14H20N2OS/c1-2-10-6-8-16(9-7-10)14-15-13-11(17)4-3-5-12(13)18-14/h10H,2-9H2,1H3. The number of Topliss-reactive ketones (excluding diaryl/α,β-unsaturated/α-hetero) is 1. The van der Waals surface area contributed by atoms with Gasteiger partial charge in [-0.2, -0.15) is 0 Å². The first kappa shape index (κ1) is 12.2. The number of piperidine rings is 1. The number of anilines is 1. The second-order valence-corrected chi connectivity index (χ2v) is 6.45. The summed E-state index contributed by atoms with van der Waals surface area (Å²) >= 11 is 1.75. The first-order valence-corrected chi connectivity index (χ1v) is 7.87. The molecule has 1 aliphatic heterocycles. The number of thiazole rings is 1. The fourth-order valence-electron chi connectivity index (χ4n) is 2.92. The Labute approximate surface area is 112 Å². The number of hydrogen-bond donors (Lipinski definition) is 0. The van der Waals surface area contributed by atoms with Crippen LogP contribution in [0.2, 0.25) is 0 Å². The Hall–Kier alpha value is -0.900. The van der Waals surface area contributed by atoms with Gasteiger partial charge in [0.05, 0.1) is 0 Å². The van der Waals surface area contributed by atoms with E-state index < -0.39 is 0 Å². The van der Waals surface area contributed by atoms with Crippen LogP contribution in [-0.4, -0.2) is 23.9 Å². The van der Waals surface area contributed by atoms with Gasteiger partial charge in [0.2, 0.25) is 0 Å². The number of fused-ring (bicyclic) bond motifs is 1. The zero-order valence-corrected chi connectivity index (χ0v) is 11.8. The van der Waals surface area contributed by atoms with E-state index >= 15 is 0 Å². The summed E-state index contributed by atoms with van der Waals surface area (Å²) in [5, 5.41) is 1.09. The van der Waals surface area contributed by atoms with Crippen molar-refractivity contribution < 1.29 is 4.79 Å². The highest BCUT2D eigenvalue weighted by atomic mass is 32.1. The molecule has 0 saturated carbocycles. The molecule has 1 fully saturated rings. The molecule has 1 aromatic rings. The number of carbonyl (C=O) groups excluding carboxylic acids is 1. The summed E-state index contributed by atoms with van der Waals surface area (Å²) in [6, 6.07) is 0. The normalized spacial score (nSPS) is 21.2. The maximum absolute atomic E-state index is 11.8. The Balaban J connectivity index is 1.76. The fraction of sp³-hybridized carbons (Fsp3) is 0.714. The molecule has 0 spiro atoms. The summed E-state index contributed by atoms with van der Waals surface area (Å²) in [4.78, 5) is 20.0. The molecule has 98 valence electrons. The minimum Gasteiger partial charge on any atom is -0.348 e. The molecule has 1 aromatic heterocycles. The largest absolute Gasteiger partial charge is 0.348 e. The van der Waals surface area contributed by atoms with Crippen LogP contribution in [0.15, 0.2) is 0 Å². The van der Waals surface area contributed by atoms with Crippen LogP contribution in [0.25, 0.3) is 0 Å². The third-order valence-corrected chi connectivity index (χ3v) is 5.40. The van der Waals surface area contributed by atoms with Crippen molar-refractivity contribution in [3.8, 4) is 0 Å². The lowest BCUT2D eigenvalue weighted by atomic mass is 9.95. The van der Waals surface area contributed by atoms with Crippen molar-refractivity contribution in [2.75, 3.05) is 18.0 Å². The highest BCUT2D eigenvalue weighted by Crippen LogP contribution is 2.33. The van der Waals surface area contributed by atoms with Crippen LogP contribution in [0, 0.1) is 5.92 Å². The minimum absolute atomic E-state index is 0.252. The van der Waals surface area contributed by atoms with Gasteiger partial charge in [0, 0.05) is 24.4 Å². The third-order valence-electron chi connectivity index (χ3n) is 4.22. The molecule has 4 heteroatoms. The molecule has 18 heavy (non-hydrogen) atoms. The van der Waals surface area contributed by atoms with E-state index in [1.165, 1.54) is 24.1 Å². The van der Waals surface area contributed by atoms with Gasteiger partial charge in [-0.05, 0) is 31.6 Å². The SMILES string of the molecule is CCC1CCN(c2nc3c(s2)CCCC3=O)CC1. The topological polar surface area (TPSA) is 33.2 Å². The Morgan fingerprint density at radius 3 is 2.78 bits per heavy atom. The monoisotopic (exact) mass is 264 g/mol. The van der Waals surface area contributed by atoms with E-state index in [0.29, 0.717) is 6.42 Å². The van der Waals surface area contributed by atoms with Crippen LogP contribution in [0.3, 0.4) is 0 Å². The number of carbonyl (C=O) groups is 1. The zero-order valence-electron chi connectivity index (χ0n) is 10.9. The molecule has 1 aliphatic carbocycles. The maximum atomic E-state index is 11.8. The number of ketones is 1. The van der Waals surface area contributed by atoms with Crippen molar-refractivity contribution in [2.24, 2.45) is 5.92 Å². The lowest BCUT2D eigenvalue weighted by molar-refractivity contribution is 0.0968. The molecule has 0 unspecified atom stereocenters. The van der Waals surface area contributed by atoms with Gasteiger partial charge in [-0.25, -0.2) is 4.98 Å². The van der Waals surface area contributed by atoms with E-state index in [2.05, 4.69) is 16.8 Å². The summed E-state index contributed by atoms with van der Waals surface area (Å²) in [6.07, 6.45) is 6.58. The lowest BCUT2D eigenvalue weighted by Crippen LogP contribution is -2.33. The molecule has 3 rings (SSSR count). The molecule has 0 bridgehead atoms. The second kappa shape index (κ2) is 5.00. The summed E-state index contributed by atoms with van der Waals surface area (Å²) < 4.78 is 0. The van der Waals surface area contributed by atoms with Crippen molar-refractivity contribution in [1.82, 2.24) is 4.98 Å². The minimum atomic E-state index is 0.252. The van der Waals surface area contributed by atoms with Crippen molar-refractivity contribution >= 4 is 22.3 Å². The molecule has 3 nitrogen and oxygen atoms in total. The summed E-state index contributed by atoms with van der Waals surface area (Å²) in [6.45, 7) is 4.50. The Kier molecular flexibility index (Phi) is 3.37. The van der Waals surface area contributed by atoms with Crippen LogP contribution < -0.4 is 4.90 Å². The number of aromatic nitrogens is 1. The first-order chi connectivity index (χ1) is 8.78. The molecule has 0 aromatic carbocycles. The van der Waals surface area contributed by atoms with Gasteiger partial charge in [-0.1, -0.05) is 13.3 Å². The van der Waals surface area contributed by atoms with E-state index in [1.54, 1.807) is 11.3 Å². The molecular formula is C14H20N2OS. The van der Waals surface area contributed by atoms with Gasteiger partial charge in [-0.15, -0.1) is 11.3 Å².